The van der Waals surface area contributed by atoms with E-state index in [2.05, 4.69) is 22.6 Å². The normalized spacial score (nSPS) is 20.9. The van der Waals surface area contributed by atoms with E-state index in [-0.39, 0.29) is 18.2 Å². The van der Waals surface area contributed by atoms with Crippen LogP contribution < -0.4 is 15.4 Å². The number of piperidine rings is 1. The van der Waals surface area contributed by atoms with Gasteiger partial charge in [0.1, 0.15) is 16.9 Å². The van der Waals surface area contributed by atoms with E-state index in [0.29, 0.717) is 49.5 Å². The van der Waals surface area contributed by atoms with Gasteiger partial charge >= 0.3 is 0 Å². The van der Waals surface area contributed by atoms with Crippen molar-refractivity contribution in [1.29, 1.82) is 5.26 Å². The number of carbonyl (C=O) groups excluding carboxylic acids is 2. The summed E-state index contributed by atoms with van der Waals surface area (Å²) in [6.45, 7) is 0. The molecule has 0 bridgehead atoms. The number of ether oxygens (including phenoxy) is 1. The lowest BCUT2D eigenvalue weighted by molar-refractivity contribution is -0.131. The van der Waals surface area contributed by atoms with Crippen molar-refractivity contribution in [2.75, 3.05) is 5.32 Å². The molecular formula is C33H21Cl2N3O3. The van der Waals surface area contributed by atoms with Gasteiger partial charge in [-0.3, -0.25) is 9.59 Å². The lowest BCUT2D eigenvalue weighted by Gasteiger charge is -2.46. The fraction of sp³-hybridized carbons (Fsp3) is 0.121. The molecule has 2 heterocycles. The number of halogens is 2. The van der Waals surface area contributed by atoms with Gasteiger partial charge in [-0.2, -0.15) is 5.26 Å². The molecule has 2 amide bonds. The monoisotopic (exact) mass is 577 g/mol. The van der Waals surface area contributed by atoms with Crippen LogP contribution >= 0.6 is 23.2 Å². The molecule has 2 aliphatic heterocycles. The predicted molar refractivity (Wildman–Crippen MR) is 157 cm³/mol. The van der Waals surface area contributed by atoms with Crippen molar-refractivity contribution in [3.63, 3.8) is 0 Å². The third-order valence-corrected chi connectivity index (χ3v) is 8.17. The van der Waals surface area contributed by atoms with E-state index in [9.17, 15) is 14.9 Å². The molecule has 0 radical (unpaired) electrons. The summed E-state index contributed by atoms with van der Waals surface area (Å²) >= 11 is 12.7. The van der Waals surface area contributed by atoms with Crippen LogP contribution in [-0.2, 0) is 15.0 Å². The molecular weight excluding hydrogens is 557 g/mol. The standard InChI is InChI=1S/C33H21Cl2N3O3/c1-2-19-8-13-29(41-24-10-6-20(18-36)7-11-24)25(14-19)31-33(26-12-9-23(35)16-28(26)37-32(33)40)27(17-30(39)38-31)21-4-3-5-22(34)15-21/h1,3-16,27,31H,17H2,(H,37,40)(H,38,39)/t27-,31+,33-/m0/s1. The average Bonchev–Trinajstić information content (AvgIpc) is 3.25. The molecule has 1 fully saturated rings. The minimum absolute atomic E-state index is 0.0486. The Kier molecular flexibility index (Phi) is 6.67. The zero-order valence-electron chi connectivity index (χ0n) is 21.4. The number of hydrogen-bond acceptors (Lipinski definition) is 4. The first-order valence-corrected chi connectivity index (χ1v) is 13.5. The molecule has 41 heavy (non-hydrogen) atoms. The number of nitrogens with zero attached hydrogens (tertiary/aromatic N) is 1. The summed E-state index contributed by atoms with van der Waals surface area (Å²) in [5.41, 5.74) is 2.28. The Morgan fingerprint density at radius 3 is 2.41 bits per heavy atom. The lowest BCUT2D eigenvalue weighted by atomic mass is 9.59. The lowest BCUT2D eigenvalue weighted by Crippen LogP contribution is -2.56. The van der Waals surface area contributed by atoms with Crippen LogP contribution in [0.5, 0.6) is 11.5 Å². The Bertz CT molecular complexity index is 1810. The first-order chi connectivity index (χ1) is 19.8. The van der Waals surface area contributed by atoms with Gasteiger partial charge < -0.3 is 15.4 Å². The largest absolute Gasteiger partial charge is 0.457 e. The van der Waals surface area contributed by atoms with Gasteiger partial charge in [0.05, 0.1) is 17.7 Å². The fourth-order valence-corrected chi connectivity index (χ4v) is 6.32. The Balaban J connectivity index is 1.60. The number of anilines is 1. The minimum atomic E-state index is -1.30. The summed E-state index contributed by atoms with van der Waals surface area (Å²) in [6.07, 6.45) is 5.84. The topological polar surface area (TPSA) is 91.2 Å². The number of fused-ring (bicyclic) bond motifs is 2. The molecule has 3 atom stereocenters. The summed E-state index contributed by atoms with van der Waals surface area (Å²) in [4.78, 5) is 27.7. The van der Waals surface area contributed by atoms with Crippen molar-refractivity contribution in [2.45, 2.75) is 23.8 Å². The molecule has 2 N–H and O–H groups in total. The Morgan fingerprint density at radius 2 is 1.68 bits per heavy atom. The SMILES string of the molecule is C#Cc1ccc(Oc2ccc(C#N)cc2)c([C@H]2NC(=O)C[C@@H](c3cccc(Cl)c3)[C@]23C(=O)Nc2cc(Cl)ccc23)c1. The van der Waals surface area contributed by atoms with E-state index in [1.165, 1.54) is 0 Å². The van der Waals surface area contributed by atoms with Gasteiger partial charge in [0.2, 0.25) is 11.8 Å². The smallest absolute Gasteiger partial charge is 0.238 e. The molecule has 200 valence electrons. The number of amides is 2. The van der Waals surface area contributed by atoms with Gasteiger partial charge in [-0.1, -0.05) is 47.3 Å². The second kappa shape index (κ2) is 10.3. The first kappa shape index (κ1) is 26.5. The van der Waals surface area contributed by atoms with E-state index in [1.807, 2.05) is 12.1 Å². The Labute approximate surface area is 246 Å². The van der Waals surface area contributed by atoms with Crippen LogP contribution in [0.3, 0.4) is 0 Å². The van der Waals surface area contributed by atoms with Crippen LogP contribution in [0.4, 0.5) is 5.69 Å². The molecule has 4 aromatic rings. The predicted octanol–water partition coefficient (Wildman–Crippen LogP) is 6.87. The van der Waals surface area contributed by atoms with Gasteiger partial charge in [0, 0.05) is 39.2 Å². The zero-order valence-corrected chi connectivity index (χ0v) is 23.0. The number of carbonyl (C=O) groups is 2. The van der Waals surface area contributed by atoms with Gasteiger partial charge in [-0.15, -0.1) is 6.42 Å². The van der Waals surface area contributed by atoms with Crippen LogP contribution in [0.15, 0.2) is 84.9 Å². The fourth-order valence-electron chi connectivity index (χ4n) is 5.95. The van der Waals surface area contributed by atoms with Crippen LogP contribution in [-0.4, -0.2) is 11.8 Å². The Morgan fingerprint density at radius 1 is 0.927 bits per heavy atom. The van der Waals surface area contributed by atoms with E-state index in [0.717, 1.165) is 5.56 Å². The maximum atomic E-state index is 14.3. The van der Waals surface area contributed by atoms with E-state index < -0.39 is 17.4 Å². The number of hydrogen-bond donors (Lipinski definition) is 2. The zero-order chi connectivity index (χ0) is 28.7. The number of nitrogens with one attached hydrogen (secondary N) is 2. The number of benzene rings is 4. The second-order valence-corrected chi connectivity index (χ2v) is 10.8. The maximum Gasteiger partial charge on any atom is 0.238 e. The molecule has 0 saturated carbocycles. The third-order valence-electron chi connectivity index (χ3n) is 7.70. The molecule has 6 nitrogen and oxygen atoms in total. The summed E-state index contributed by atoms with van der Waals surface area (Å²) in [6, 6.07) is 25.6. The van der Waals surface area contributed by atoms with Crippen molar-refractivity contribution in [3.8, 4) is 29.9 Å². The van der Waals surface area contributed by atoms with Gasteiger partial charge in [-0.25, -0.2) is 0 Å². The van der Waals surface area contributed by atoms with E-state index >= 15 is 0 Å². The first-order valence-electron chi connectivity index (χ1n) is 12.8. The molecule has 6 rings (SSSR count). The molecule has 0 unspecified atom stereocenters. The molecule has 0 aromatic heterocycles. The highest BCUT2D eigenvalue weighted by molar-refractivity contribution is 6.31. The molecule has 4 aromatic carbocycles. The van der Waals surface area contributed by atoms with Crippen LogP contribution in [0, 0.1) is 23.7 Å². The highest BCUT2D eigenvalue weighted by atomic mass is 35.5. The van der Waals surface area contributed by atoms with Crippen molar-refractivity contribution in [2.24, 2.45) is 0 Å². The quantitative estimate of drug-likeness (QED) is 0.259. The third kappa shape index (κ3) is 4.48. The summed E-state index contributed by atoms with van der Waals surface area (Å²) in [5.74, 6) is 2.42. The van der Waals surface area contributed by atoms with Crippen molar-refractivity contribution in [1.82, 2.24) is 5.32 Å². The van der Waals surface area contributed by atoms with Gasteiger partial charge in [0.15, 0.2) is 0 Å². The molecule has 8 heteroatoms. The molecule has 2 aliphatic rings. The van der Waals surface area contributed by atoms with Crippen molar-refractivity contribution < 1.29 is 14.3 Å². The maximum absolute atomic E-state index is 14.3. The van der Waals surface area contributed by atoms with Crippen LogP contribution in [0.1, 0.15) is 46.2 Å². The van der Waals surface area contributed by atoms with Crippen molar-refractivity contribution in [3.05, 3.63) is 123 Å². The van der Waals surface area contributed by atoms with E-state index in [1.54, 1.807) is 72.8 Å². The van der Waals surface area contributed by atoms with Gasteiger partial charge in [0.25, 0.3) is 0 Å². The van der Waals surface area contributed by atoms with Crippen LogP contribution in [0.25, 0.3) is 0 Å². The highest BCUT2D eigenvalue weighted by Gasteiger charge is 2.61. The number of rotatable bonds is 4. The average molecular weight is 578 g/mol. The summed E-state index contributed by atoms with van der Waals surface area (Å²) in [7, 11) is 0. The molecule has 0 aliphatic carbocycles. The van der Waals surface area contributed by atoms with Gasteiger partial charge in [-0.05, 0) is 77.9 Å². The number of terminal acetylenes is 1. The molecule has 1 spiro atoms. The highest BCUT2D eigenvalue weighted by Crippen LogP contribution is 2.58. The minimum Gasteiger partial charge on any atom is -0.457 e. The summed E-state index contributed by atoms with van der Waals surface area (Å²) in [5, 5.41) is 16.3. The van der Waals surface area contributed by atoms with E-state index in [4.69, 9.17) is 34.4 Å². The van der Waals surface area contributed by atoms with Crippen molar-refractivity contribution >= 4 is 40.7 Å². The Hall–Kier alpha value is -4.75. The summed E-state index contributed by atoms with van der Waals surface area (Å²) < 4.78 is 6.30. The van der Waals surface area contributed by atoms with Crippen LogP contribution in [0.2, 0.25) is 10.0 Å². The molecule has 1 saturated heterocycles. The second-order valence-electron chi connectivity index (χ2n) is 9.96. The number of nitriles is 1.